The van der Waals surface area contributed by atoms with Crippen LogP contribution in [0.3, 0.4) is 0 Å². The maximum atomic E-state index is 12.6. The minimum Gasteiger partial charge on any atom is -0.463 e. The number of carbonyl (C=O) groups excluding carboxylic acids is 1. The molecule has 3 fully saturated rings. The Morgan fingerprint density at radius 1 is 1.20 bits per heavy atom. The first kappa shape index (κ1) is 30.7. The number of benzene rings is 2. The highest BCUT2D eigenvalue weighted by atomic mass is 35.5. The van der Waals surface area contributed by atoms with Gasteiger partial charge in [-0.25, -0.2) is 6.57 Å². The molecule has 4 aliphatic rings. The van der Waals surface area contributed by atoms with E-state index in [1.54, 1.807) is 4.90 Å². The number of anilines is 2. The molecule has 0 unspecified atom stereocenters. The molecule has 7 rings (SSSR count). The first-order valence-corrected chi connectivity index (χ1v) is 16.5. The van der Waals surface area contributed by atoms with Crippen molar-refractivity contribution in [2.45, 2.75) is 37.9 Å². The van der Waals surface area contributed by atoms with E-state index in [-0.39, 0.29) is 23.9 Å². The highest BCUT2D eigenvalue weighted by Crippen LogP contribution is 2.38. The van der Waals surface area contributed by atoms with Gasteiger partial charge in [0.1, 0.15) is 18.5 Å². The van der Waals surface area contributed by atoms with Crippen LogP contribution in [0.15, 0.2) is 49.1 Å². The third-order valence-electron chi connectivity index (χ3n) is 9.82. The van der Waals surface area contributed by atoms with Crippen LogP contribution in [-0.2, 0) is 22.5 Å². The molecule has 1 saturated carbocycles. The molecular formula is C35H40ClN7O3. The number of rotatable bonds is 10. The van der Waals surface area contributed by atoms with E-state index in [1.165, 1.54) is 18.9 Å². The van der Waals surface area contributed by atoms with E-state index in [9.17, 15) is 4.79 Å². The van der Waals surface area contributed by atoms with Crippen LogP contribution >= 0.6 is 11.6 Å². The molecule has 1 aromatic heterocycles. The van der Waals surface area contributed by atoms with E-state index in [0.29, 0.717) is 58.1 Å². The number of hydrogen-bond acceptors (Lipinski definition) is 8. The van der Waals surface area contributed by atoms with Gasteiger partial charge in [-0.1, -0.05) is 42.4 Å². The zero-order valence-electron chi connectivity index (χ0n) is 26.3. The van der Waals surface area contributed by atoms with Gasteiger partial charge in [0.25, 0.3) is 0 Å². The molecule has 0 radical (unpaired) electrons. The average Bonchev–Trinajstić information content (AvgIpc) is 3.91. The Kier molecular flexibility index (Phi) is 8.49. The van der Waals surface area contributed by atoms with Crippen molar-refractivity contribution in [3.63, 3.8) is 0 Å². The monoisotopic (exact) mass is 641 g/mol. The van der Waals surface area contributed by atoms with Crippen LogP contribution < -0.4 is 14.5 Å². The van der Waals surface area contributed by atoms with Crippen molar-refractivity contribution in [3.8, 4) is 6.01 Å². The number of amides is 1. The van der Waals surface area contributed by atoms with Gasteiger partial charge in [0, 0.05) is 55.4 Å². The Bertz CT molecular complexity index is 1680. The van der Waals surface area contributed by atoms with E-state index in [0.717, 1.165) is 58.1 Å². The van der Waals surface area contributed by atoms with Crippen LogP contribution in [0, 0.1) is 12.0 Å². The van der Waals surface area contributed by atoms with Gasteiger partial charge in [-0.3, -0.25) is 4.79 Å². The van der Waals surface area contributed by atoms with Crippen molar-refractivity contribution in [1.82, 2.24) is 19.8 Å². The molecule has 2 aromatic carbocycles. The molecule has 1 amide bonds. The fourth-order valence-electron chi connectivity index (χ4n) is 7.18. The molecule has 0 bridgehead atoms. The normalized spacial score (nSPS) is 20.7. The maximum absolute atomic E-state index is 12.6. The summed E-state index contributed by atoms with van der Waals surface area (Å²) in [5, 5.41) is 2.87. The molecule has 2 saturated heterocycles. The minimum absolute atomic E-state index is 0.0834. The summed E-state index contributed by atoms with van der Waals surface area (Å²) in [6, 6.07) is 13.1. The number of halogens is 1. The molecule has 0 N–H and O–H groups in total. The van der Waals surface area contributed by atoms with Crippen molar-refractivity contribution in [1.29, 1.82) is 0 Å². The Morgan fingerprint density at radius 2 is 2.00 bits per heavy atom. The summed E-state index contributed by atoms with van der Waals surface area (Å²) in [4.78, 5) is 35.1. The molecule has 46 heavy (non-hydrogen) atoms. The largest absolute Gasteiger partial charge is 0.463 e. The second-order valence-electron chi connectivity index (χ2n) is 13.1. The Morgan fingerprint density at radius 3 is 2.72 bits per heavy atom. The summed E-state index contributed by atoms with van der Waals surface area (Å²) in [7, 11) is 2.19. The van der Waals surface area contributed by atoms with Gasteiger partial charge in [-0.2, -0.15) is 9.97 Å². The lowest BCUT2D eigenvalue weighted by Gasteiger charge is -2.43. The highest BCUT2D eigenvalue weighted by molar-refractivity contribution is 6.36. The third-order valence-corrected chi connectivity index (χ3v) is 10.1. The molecule has 1 aliphatic carbocycles. The molecule has 240 valence electrons. The van der Waals surface area contributed by atoms with Crippen LogP contribution in [-0.4, -0.2) is 104 Å². The van der Waals surface area contributed by atoms with Gasteiger partial charge < -0.3 is 33.9 Å². The zero-order valence-corrected chi connectivity index (χ0v) is 27.1. The van der Waals surface area contributed by atoms with Gasteiger partial charge in [0.05, 0.1) is 35.9 Å². The van der Waals surface area contributed by atoms with E-state index in [2.05, 4.69) is 57.4 Å². The van der Waals surface area contributed by atoms with Crippen molar-refractivity contribution < 1.29 is 14.3 Å². The summed E-state index contributed by atoms with van der Waals surface area (Å²) in [6.07, 6.45) is 4.59. The number of hydrogen-bond donors (Lipinski definition) is 0. The average molecular weight is 642 g/mol. The molecule has 0 spiro atoms. The van der Waals surface area contributed by atoms with Crippen LogP contribution in [0.1, 0.15) is 24.1 Å². The summed E-state index contributed by atoms with van der Waals surface area (Å²) >= 11 is 6.73. The number of nitrogens with zero attached hydrogens (tertiary/aromatic N) is 7. The van der Waals surface area contributed by atoms with Crippen molar-refractivity contribution >= 4 is 39.8 Å². The van der Waals surface area contributed by atoms with Gasteiger partial charge in [-0.05, 0) is 49.9 Å². The second-order valence-corrected chi connectivity index (χ2v) is 13.6. The number of carbonyl (C=O) groups is 1. The van der Waals surface area contributed by atoms with E-state index in [4.69, 9.17) is 37.6 Å². The number of aromatic nitrogens is 2. The van der Waals surface area contributed by atoms with Crippen LogP contribution in [0.4, 0.5) is 11.5 Å². The minimum atomic E-state index is -0.252. The molecule has 3 aromatic rings. The summed E-state index contributed by atoms with van der Waals surface area (Å²) < 4.78 is 12.2. The quantitative estimate of drug-likeness (QED) is 0.237. The Balaban J connectivity index is 1.21. The molecule has 1 atom stereocenters. The van der Waals surface area contributed by atoms with Gasteiger partial charge >= 0.3 is 6.01 Å². The van der Waals surface area contributed by atoms with Crippen molar-refractivity contribution in [2.24, 2.45) is 5.41 Å². The predicted octanol–water partition coefficient (Wildman–Crippen LogP) is 4.46. The first-order chi connectivity index (χ1) is 22.4. The Labute approximate surface area is 275 Å². The van der Waals surface area contributed by atoms with Gasteiger partial charge in [0.15, 0.2) is 0 Å². The molecule has 11 heteroatoms. The third kappa shape index (κ3) is 5.99. The fraction of sp³-hybridized carbons (Fsp3) is 0.486. The summed E-state index contributed by atoms with van der Waals surface area (Å²) in [6.45, 7) is 17.1. The van der Waals surface area contributed by atoms with Gasteiger partial charge in [-0.15, -0.1) is 0 Å². The molecular weight excluding hydrogens is 602 g/mol. The topological polar surface area (TPSA) is 78.6 Å². The highest BCUT2D eigenvalue weighted by Gasteiger charge is 2.43. The van der Waals surface area contributed by atoms with E-state index < -0.39 is 0 Å². The summed E-state index contributed by atoms with van der Waals surface area (Å²) in [5.41, 5.74) is 3.02. The number of piperazine rings is 1. The van der Waals surface area contributed by atoms with E-state index >= 15 is 0 Å². The SMILES string of the molecule is [C-]#[N+]C[C@H]1CN(c2nc(OCC3(CN(C)C4CC4)COC3)nc3c2CCN(c2cccc4cccc(Cl)c24)C3)CCN1C(=O)C=C. The number of ether oxygens (including phenoxy) is 2. The Hall–Kier alpha value is -3.91. The first-order valence-electron chi connectivity index (χ1n) is 16.1. The lowest BCUT2D eigenvalue weighted by molar-refractivity contribution is -0.143. The summed E-state index contributed by atoms with van der Waals surface area (Å²) in [5.74, 6) is 0.695. The van der Waals surface area contributed by atoms with Crippen LogP contribution in [0.25, 0.3) is 15.6 Å². The van der Waals surface area contributed by atoms with E-state index in [1.807, 2.05) is 12.1 Å². The predicted molar refractivity (Wildman–Crippen MR) is 180 cm³/mol. The van der Waals surface area contributed by atoms with Gasteiger partial charge in [0.2, 0.25) is 12.5 Å². The lowest BCUT2D eigenvalue weighted by atomic mass is 9.86. The lowest BCUT2D eigenvalue weighted by Crippen LogP contribution is -2.56. The second kappa shape index (κ2) is 12.7. The van der Waals surface area contributed by atoms with Crippen LogP contribution in [0.5, 0.6) is 6.01 Å². The fourth-order valence-corrected chi connectivity index (χ4v) is 7.46. The molecule has 3 aliphatic heterocycles. The van der Waals surface area contributed by atoms with Crippen molar-refractivity contribution in [3.05, 3.63) is 76.8 Å². The molecule has 10 nitrogen and oxygen atoms in total. The standard InChI is InChI=1S/C35H40ClN7O3/c1-4-31(44)43-16-15-42(18-26(43)17-37-2)33-27-13-14-41(30-10-6-8-24-7-5-9-28(36)32(24)30)19-29(27)38-34(39-33)46-23-35(21-45-22-35)20-40(3)25-11-12-25/h4-10,25-26H,1,11-23H2,3H3/t26-/m0/s1. The van der Waals surface area contributed by atoms with Crippen LogP contribution in [0.2, 0.25) is 5.02 Å². The van der Waals surface area contributed by atoms with Crippen molar-refractivity contribution in [2.75, 3.05) is 75.9 Å². The zero-order chi connectivity index (χ0) is 31.8. The smallest absolute Gasteiger partial charge is 0.318 e. The number of fused-ring (bicyclic) bond motifs is 2. The molecule has 4 heterocycles. The maximum Gasteiger partial charge on any atom is 0.318 e.